The second-order valence-corrected chi connectivity index (χ2v) is 9.68. The highest BCUT2D eigenvalue weighted by molar-refractivity contribution is 5.89. The van der Waals surface area contributed by atoms with E-state index in [1.165, 1.54) is 6.21 Å². The smallest absolute Gasteiger partial charge is 0.217 e. The Morgan fingerprint density at radius 3 is 2.32 bits per heavy atom. The van der Waals surface area contributed by atoms with Crippen molar-refractivity contribution >= 4 is 17.1 Å². The summed E-state index contributed by atoms with van der Waals surface area (Å²) in [6, 6.07) is 27.7. The number of hydrogen-bond acceptors (Lipinski definition) is 6. The molecule has 192 valence electrons. The molecule has 2 atom stereocenters. The molecule has 0 aliphatic heterocycles. The van der Waals surface area contributed by atoms with Gasteiger partial charge in [0.05, 0.1) is 18.8 Å². The van der Waals surface area contributed by atoms with Crippen LogP contribution in [-0.2, 0) is 5.60 Å². The average molecular weight is 498 g/mol. The molecule has 0 aliphatic carbocycles. The van der Waals surface area contributed by atoms with Gasteiger partial charge < -0.3 is 20.0 Å². The number of rotatable bonds is 11. The van der Waals surface area contributed by atoms with Crippen LogP contribution < -0.4 is 4.74 Å². The predicted octanol–water partition coefficient (Wildman–Crippen LogP) is 5.80. The van der Waals surface area contributed by atoms with Gasteiger partial charge in [0, 0.05) is 16.9 Å². The van der Waals surface area contributed by atoms with E-state index in [9.17, 15) is 5.11 Å². The summed E-state index contributed by atoms with van der Waals surface area (Å²) in [5, 5.41) is 25.8. The maximum Gasteiger partial charge on any atom is 0.217 e. The van der Waals surface area contributed by atoms with E-state index in [-0.39, 0.29) is 0 Å². The summed E-state index contributed by atoms with van der Waals surface area (Å²) in [4.78, 5) is 6.99. The molecule has 0 unspecified atom stereocenters. The number of benzene rings is 3. The summed E-state index contributed by atoms with van der Waals surface area (Å²) < 4.78 is 5.83. The molecule has 3 aromatic carbocycles. The number of aromatic nitrogens is 1. The van der Waals surface area contributed by atoms with E-state index < -0.39 is 11.5 Å². The van der Waals surface area contributed by atoms with Crippen LogP contribution in [0, 0.1) is 0 Å². The molecule has 0 amide bonds. The summed E-state index contributed by atoms with van der Waals surface area (Å²) >= 11 is 0. The van der Waals surface area contributed by atoms with E-state index in [0.717, 1.165) is 52.5 Å². The zero-order chi connectivity index (χ0) is 26.3. The number of methoxy groups -OCH3 is 1. The Balaban J connectivity index is 1.93. The van der Waals surface area contributed by atoms with Crippen LogP contribution in [0.25, 0.3) is 10.9 Å². The minimum absolute atomic E-state index is 0.433. The molecule has 0 spiro atoms. The molecule has 37 heavy (non-hydrogen) atoms. The van der Waals surface area contributed by atoms with Gasteiger partial charge in [-0.1, -0.05) is 71.9 Å². The molecule has 6 heteroatoms. The zero-order valence-corrected chi connectivity index (χ0v) is 21.7. The lowest BCUT2D eigenvalue weighted by Crippen LogP contribution is -2.35. The zero-order valence-electron chi connectivity index (χ0n) is 21.7. The van der Waals surface area contributed by atoms with Crippen molar-refractivity contribution < 1.29 is 15.1 Å². The molecule has 1 heterocycles. The Bertz CT molecular complexity index is 1330. The van der Waals surface area contributed by atoms with Crippen LogP contribution in [0.1, 0.15) is 47.4 Å². The molecule has 1 aromatic heterocycles. The van der Waals surface area contributed by atoms with Gasteiger partial charge in [-0.15, -0.1) is 0 Å². The predicted molar refractivity (Wildman–Crippen MR) is 149 cm³/mol. The van der Waals surface area contributed by atoms with Crippen molar-refractivity contribution in [3.8, 4) is 5.88 Å². The van der Waals surface area contributed by atoms with Gasteiger partial charge in [0.2, 0.25) is 5.88 Å². The van der Waals surface area contributed by atoms with Gasteiger partial charge in [-0.25, -0.2) is 4.98 Å². The van der Waals surface area contributed by atoms with Gasteiger partial charge in [-0.3, -0.25) is 0 Å². The Morgan fingerprint density at radius 2 is 1.68 bits per heavy atom. The number of ether oxygens (including phenoxy) is 1. The third-order valence-corrected chi connectivity index (χ3v) is 6.84. The SMILES string of the molecule is COc1nc2ccc(/C=N/O)cc2cc1[C@@H](c1ccccc1)[C@](O)(CCCCN(C)C)c1ccccc1. The summed E-state index contributed by atoms with van der Waals surface area (Å²) in [6.07, 6.45) is 3.79. The fourth-order valence-corrected chi connectivity index (χ4v) is 5.07. The van der Waals surface area contributed by atoms with E-state index in [1.807, 2.05) is 72.8 Å². The lowest BCUT2D eigenvalue weighted by atomic mass is 9.71. The van der Waals surface area contributed by atoms with E-state index in [1.54, 1.807) is 7.11 Å². The second-order valence-electron chi connectivity index (χ2n) is 9.68. The molecule has 0 saturated heterocycles. The minimum atomic E-state index is -1.21. The van der Waals surface area contributed by atoms with Gasteiger partial charge in [-0.05, 0) is 74.8 Å². The van der Waals surface area contributed by atoms with E-state index in [4.69, 9.17) is 14.9 Å². The fourth-order valence-electron chi connectivity index (χ4n) is 5.07. The molecular weight excluding hydrogens is 462 g/mol. The van der Waals surface area contributed by atoms with Crippen molar-refractivity contribution in [1.82, 2.24) is 9.88 Å². The molecule has 0 saturated carbocycles. The first-order chi connectivity index (χ1) is 18.0. The molecule has 6 nitrogen and oxygen atoms in total. The maximum absolute atomic E-state index is 12.7. The first-order valence-electron chi connectivity index (χ1n) is 12.6. The van der Waals surface area contributed by atoms with Crippen molar-refractivity contribution in [2.24, 2.45) is 5.16 Å². The quantitative estimate of drug-likeness (QED) is 0.118. The van der Waals surface area contributed by atoms with Crippen molar-refractivity contribution in [3.05, 3.63) is 107 Å². The van der Waals surface area contributed by atoms with E-state index in [2.05, 4.69) is 36.3 Å². The summed E-state index contributed by atoms with van der Waals surface area (Å²) in [7, 11) is 5.75. The van der Waals surface area contributed by atoms with Crippen LogP contribution in [0.2, 0.25) is 0 Å². The van der Waals surface area contributed by atoms with Crippen LogP contribution in [0.15, 0.2) is 90.1 Å². The number of nitrogens with zero attached hydrogens (tertiary/aromatic N) is 3. The molecule has 0 radical (unpaired) electrons. The second kappa shape index (κ2) is 12.0. The third-order valence-electron chi connectivity index (χ3n) is 6.84. The molecule has 0 aliphatic rings. The van der Waals surface area contributed by atoms with Crippen LogP contribution in [-0.4, -0.2) is 54.2 Å². The molecule has 0 fully saturated rings. The maximum atomic E-state index is 12.7. The van der Waals surface area contributed by atoms with Crippen LogP contribution >= 0.6 is 0 Å². The topological polar surface area (TPSA) is 78.2 Å². The largest absolute Gasteiger partial charge is 0.481 e. The molecule has 0 bridgehead atoms. The van der Waals surface area contributed by atoms with Gasteiger partial charge >= 0.3 is 0 Å². The Morgan fingerprint density at radius 1 is 0.973 bits per heavy atom. The lowest BCUT2D eigenvalue weighted by Gasteiger charge is -2.38. The van der Waals surface area contributed by atoms with E-state index >= 15 is 0 Å². The molecular formula is C31H35N3O3. The summed E-state index contributed by atoms with van der Waals surface area (Å²) in [5.74, 6) is 0.0463. The Hall–Kier alpha value is -3.74. The standard InChI is InChI=1S/C31H35N3O3/c1-34(2)19-11-10-18-31(35,26-14-8-5-9-15-26)29(24-12-6-4-7-13-24)27-21-25-20-23(22-32-36)16-17-28(25)33-30(27)37-3/h4-9,12-17,20-22,29,35-36H,10-11,18-19H2,1-3H3/b32-22+/t29-,31+/m1/s1. The van der Waals surface area contributed by atoms with Crippen LogP contribution in [0.3, 0.4) is 0 Å². The normalized spacial score (nSPS) is 14.2. The Labute approximate surface area is 218 Å². The van der Waals surface area contributed by atoms with Crippen molar-refractivity contribution in [3.63, 3.8) is 0 Å². The highest BCUT2D eigenvalue weighted by Crippen LogP contribution is 2.48. The number of hydrogen-bond donors (Lipinski definition) is 2. The van der Waals surface area contributed by atoms with Crippen LogP contribution in [0.5, 0.6) is 5.88 Å². The highest BCUT2D eigenvalue weighted by Gasteiger charge is 2.42. The fraction of sp³-hybridized carbons (Fsp3) is 0.290. The van der Waals surface area contributed by atoms with Gasteiger partial charge in [-0.2, -0.15) is 0 Å². The molecule has 2 N–H and O–H groups in total. The number of pyridine rings is 1. The van der Waals surface area contributed by atoms with E-state index in [0.29, 0.717) is 12.3 Å². The minimum Gasteiger partial charge on any atom is -0.481 e. The summed E-state index contributed by atoms with van der Waals surface area (Å²) in [6.45, 7) is 0.955. The first kappa shape index (κ1) is 26.3. The first-order valence-corrected chi connectivity index (χ1v) is 12.6. The average Bonchev–Trinajstić information content (AvgIpc) is 2.92. The van der Waals surface area contributed by atoms with Gasteiger partial charge in [0.15, 0.2) is 0 Å². The molecule has 4 rings (SSSR count). The number of oxime groups is 1. The van der Waals surface area contributed by atoms with Crippen molar-refractivity contribution in [2.75, 3.05) is 27.7 Å². The van der Waals surface area contributed by atoms with Gasteiger partial charge in [0.25, 0.3) is 0 Å². The third kappa shape index (κ3) is 5.98. The number of aliphatic hydroxyl groups is 1. The highest BCUT2D eigenvalue weighted by atomic mass is 16.5. The van der Waals surface area contributed by atoms with Crippen molar-refractivity contribution in [1.29, 1.82) is 0 Å². The molecule has 4 aromatic rings. The summed E-state index contributed by atoms with van der Waals surface area (Å²) in [5.41, 5.74) is 2.95. The van der Waals surface area contributed by atoms with Gasteiger partial charge in [0.1, 0.15) is 5.60 Å². The van der Waals surface area contributed by atoms with Crippen molar-refractivity contribution in [2.45, 2.75) is 30.8 Å². The Kier molecular flexibility index (Phi) is 8.54. The monoisotopic (exact) mass is 497 g/mol. The number of fused-ring (bicyclic) bond motifs is 1. The van der Waals surface area contributed by atoms with Crippen LogP contribution in [0.4, 0.5) is 0 Å². The number of unbranched alkanes of at least 4 members (excludes halogenated alkanes) is 1. The lowest BCUT2D eigenvalue weighted by molar-refractivity contribution is 0.00678.